The molecule has 0 spiro atoms. The van der Waals surface area contributed by atoms with Gasteiger partial charge in [-0.1, -0.05) is 36.8 Å². The van der Waals surface area contributed by atoms with Crippen molar-refractivity contribution in [1.29, 1.82) is 0 Å². The Kier molecular flexibility index (Phi) is 3.31. The number of hydrogen-bond donors (Lipinski definition) is 1. The smallest absolute Gasteiger partial charge is 0.157 e. The van der Waals surface area contributed by atoms with E-state index in [0.29, 0.717) is 5.92 Å². The minimum absolute atomic E-state index is 0.0651. The molecular formula is C20H22N4O. The predicted octanol–water partition coefficient (Wildman–Crippen LogP) is 3.00. The van der Waals surface area contributed by atoms with Crippen LogP contribution in [0.2, 0.25) is 0 Å². The highest BCUT2D eigenvalue weighted by Crippen LogP contribution is 2.49. The SMILES string of the molecule is OC[C@@]12CCC[C@@H]1CN(c1cc(-c3ccccc3)nc3ccnn13)C2. The minimum Gasteiger partial charge on any atom is -0.396 e. The molecular weight excluding hydrogens is 312 g/mol. The molecule has 0 unspecified atom stereocenters. The molecule has 0 amide bonds. The van der Waals surface area contributed by atoms with Crippen LogP contribution in [0, 0.1) is 11.3 Å². The van der Waals surface area contributed by atoms with Gasteiger partial charge in [-0.3, -0.25) is 0 Å². The Bertz CT molecular complexity index is 906. The molecule has 0 bridgehead atoms. The van der Waals surface area contributed by atoms with E-state index in [0.717, 1.165) is 42.2 Å². The lowest BCUT2D eigenvalue weighted by atomic mass is 9.82. The number of benzene rings is 1. The van der Waals surface area contributed by atoms with Crippen molar-refractivity contribution >= 4 is 11.5 Å². The van der Waals surface area contributed by atoms with Crippen LogP contribution in [-0.2, 0) is 0 Å². The summed E-state index contributed by atoms with van der Waals surface area (Å²) in [5.74, 6) is 1.66. The summed E-state index contributed by atoms with van der Waals surface area (Å²) in [5, 5.41) is 14.5. The summed E-state index contributed by atoms with van der Waals surface area (Å²) < 4.78 is 1.93. The van der Waals surface area contributed by atoms with Gasteiger partial charge >= 0.3 is 0 Å². The van der Waals surface area contributed by atoms with Gasteiger partial charge < -0.3 is 10.0 Å². The second kappa shape index (κ2) is 5.56. The van der Waals surface area contributed by atoms with E-state index in [1.54, 1.807) is 6.20 Å². The molecule has 1 aliphatic carbocycles. The van der Waals surface area contributed by atoms with E-state index in [2.05, 4.69) is 28.2 Å². The Balaban J connectivity index is 1.60. The molecule has 128 valence electrons. The number of fused-ring (bicyclic) bond motifs is 2. The zero-order valence-corrected chi connectivity index (χ0v) is 14.2. The van der Waals surface area contributed by atoms with Gasteiger partial charge in [0.15, 0.2) is 5.65 Å². The first-order chi connectivity index (χ1) is 12.3. The van der Waals surface area contributed by atoms with Crippen molar-refractivity contribution in [2.75, 3.05) is 24.6 Å². The van der Waals surface area contributed by atoms with Crippen LogP contribution in [0.3, 0.4) is 0 Å². The quantitative estimate of drug-likeness (QED) is 0.800. The average molecular weight is 334 g/mol. The zero-order chi connectivity index (χ0) is 16.9. The minimum atomic E-state index is 0.0651. The molecule has 25 heavy (non-hydrogen) atoms. The van der Waals surface area contributed by atoms with Gasteiger partial charge in [-0.15, -0.1) is 0 Å². The molecule has 2 atom stereocenters. The molecule has 5 heteroatoms. The highest BCUT2D eigenvalue weighted by Gasteiger charge is 2.49. The largest absolute Gasteiger partial charge is 0.396 e. The maximum atomic E-state index is 10.0. The van der Waals surface area contributed by atoms with Crippen molar-refractivity contribution in [3.63, 3.8) is 0 Å². The normalized spacial score (nSPS) is 25.6. The van der Waals surface area contributed by atoms with Crippen LogP contribution in [-0.4, -0.2) is 39.4 Å². The van der Waals surface area contributed by atoms with Gasteiger partial charge in [-0.25, -0.2) is 4.98 Å². The average Bonchev–Trinajstić information content (AvgIpc) is 3.35. The highest BCUT2D eigenvalue weighted by atomic mass is 16.3. The molecule has 5 rings (SSSR count). The molecule has 2 aliphatic rings. The van der Waals surface area contributed by atoms with Gasteiger partial charge in [0, 0.05) is 36.2 Å². The molecule has 2 fully saturated rings. The van der Waals surface area contributed by atoms with Crippen molar-refractivity contribution in [1.82, 2.24) is 14.6 Å². The fourth-order valence-corrected chi connectivity index (χ4v) is 4.73. The van der Waals surface area contributed by atoms with E-state index in [-0.39, 0.29) is 12.0 Å². The van der Waals surface area contributed by atoms with E-state index in [9.17, 15) is 5.11 Å². The molecule has 1 saturated heterocycles. The number of aliphatic hydroxyl groups excluding tert-OH is 1. The molecule has 1 saturated carbocycles. The lowest BCUT2D eigenvalue weighted by molar-refractivity contribution is 0.121. The van der Waals surface area contributed by atoms with Crippen LogP contribution >= 0.6 is 0 Å². The van der Waals surface area contributed by atoms with Gasteiger partial charge in [0.2, 0.25) is 0 Å². The molecule has 5 nitrogen and oxygen atoms in total. The van der Waals surface area contributed by atoms with Crippen LogP contribution in [0.4, 0.5) is 5.82 Å². The monoisotopic (exact) mass is 334 g/mol. The molecule has 3 heterocycles. The summed E-state index contributed by atoms with van der Waals surface area (Å²) in [6, 6.07) is 14.4. The molecule has 1 N–H and O–H groups in total. The number of hydrogen-bond acceptors (Lipinski definition) is 4. The van der Waals surface area contributed by atoms with Gasteiger partial charge in [-0.2, -0.15) is 9.61 Å². The Hall–Kier alpha value is -2.40. The number of rotatable bonds is 3. The van der Waals surface area contributed by atoms with Gasteiger partial charge in [-0.05, 0) is 18.8 Å². The standard InChI is InChI=1S/C20H22N4O/c25-14-20-9-4-7-16(20)12-23(13-20)19-11-17(15-5-2-1-3-6-15)22-18-8-10-21-24(18)19/h1-3,5-6,8,10-11,16,25H,4,7,9,12-14H2/t16-,20+/m1/s1. The number of nitrogens with zero attached hydrogens (tertiary/aromatic N) is 4. The van der Waals surface area contributed by atoms with Crippen LogP contribution in [0.5, 0.6) is 0 Å². The number of anilines is 1. The van der Waals surface area contributed by atoms with E-state index in [1.807, 2.05) is 28.8 Å². The number of aromatic nitrogens is 3. The van der Waals surface area contributed by atoms with Gasteiger partial charge in [0.1, 0.15) is 5.82 Å². The lowest BCUT2D eigenvalue weighted by Gasteiger charge is -2.26. The molecule has 0 radical (unpaired) electrons. The summed E-state index contributed by atoms with van der Waals surface area (Å²) in [7, 11) is 0. The Morgan fingerprint density at radius 3 is 2.88 bits per heavy atom. The maximum absolute atomic E-state index is 10.0. The third kappa shape index (κ3) is 2.26. The summed E-state index contributed by atoms with van der Waals surface area (Å²) >= 11 is 0. The van der Waals surface area contributed by atoms with Crippen LogP contribution in [0.15, 0.2) is 48.7 Å². The Morgan fingerprint density at radius 2 is 2.08 bits per heavy atom. The van der Waals surface area contributed by atoms with Crippen molar-refractivity contribution in [3.05, 3.63) is 48.7 Å². The van der Waals surface area contributed by atoms with E-state index in [1.165, 1.54) is 12.8 Å². The lowest BCUT2D eigenvalue weighted by Crippen LogP contribution is -2.31. The Morgan fingerprint density at radius 1 is 1.20 bits per heavy atom. The van der Waals surface area contributed by atoms with Crippen LogP contribution in [0.1, 0.15) is 19.3 Å². The van der Waals surface area contributed by atoms with Crippen LogP contribution in [0.25, 0.3) is 16.9 Å². The number of aliphatic hydroxyl groups is 1. The van der Waals surface area contributed by atoms with E-state index < -0.39 is 0 Å². The molecule has 1 aliphatic heterocycles. The molecule has 1 aromatic carbocycles. The summed E-state index contributed by atoms with van der Waals surface area (Å²) in [5.41, 5.74) is 3.02. The fourth-order valence-electron chi connectivity index (χ4n) is 4.73. The highest BCUT2D eigenvalue weighted by molar-refractivity contribution is 5.67. The van der Waals surface area contributed by atoms with E-state index in [4.69, 9.17) is 4.98 Å². The van der Waals surface area contributed by atoms with Crippen molar-refractivity contribution in [2.45, 2.75) is 19.3 Å². The molecule has 2 aromatic heterocycles. The first-order valence-corrected chi connectivity index (χ1v) is 9.05. The fraction of sp³-hybridized carbons (Fsp3) is 0.400. The first kappa shape index (κ1) is 14.9. The van der Waals surface area contributed by atoms with Gasteiger partial charge in [0.05, 0.1) is 18.5 Å². The third-order valence-electron chi connectivity index (χ3n) is 6.09. The second-order valence-corrected chi connectivity index (χ2v) is 7.46. The Labute approximate surface area is 146 Å². The maximum Gasteiger partial charge on any atom is 0.157 e. The van der Waals surface area contributed by atoms with Crippen molar-refractivity contribution in [2.24, 2.45) is 11.3 Å². The molecule has 3 aromatic rings. The van der Waals surface area contributed by atoms with Crippen molar-refractivity contribution in [3.8, 4) is 11.3 Å². The second-order valence-electron chi connectivity index (χ2n) is 7.46. The summed E-state index contributed by atoms with van der Waals surface area (Å²) in [6.45, 7) is 2.18. The first-order valence-electron chi connectivity index (χ1n) is 9.05. The topological polar surface area (TPSA) is 53.7 Å². The van der Waals surface area contributed by atoms with Crippen LogP contribution < -0.4 is 4.90 Å². The van der Waals surface area contributed by atoms with Gasteiger partial charge in [0.25, 0.3) is 0 Å². The third-order valence-corrected chi connectivity index (χ3v) is 6.09. The zero-order valence-electron chi connectivity index (χ0n) is 14.2. The van der Waals surface area contributed by atoms with Crippen molar-refractivity contribution < 1.29 is 5.11 Å². The summed E-state index contributed by atoms with van der Waals surface area (Å²) in [4.78, 5) is 7.17. The van der Waals surface area contributed by atoms with E-state index >= 15 is 0 Å². The predicted molar refractivity (Wildman–Crippen MR) is 97.5 cm³/mol. The summed E-state index contributed by atoms with van der Waals surface area (Å²) in [6.07, 6.45) is 5.39.